The molecule has 0 aliphatic carbocycles. The molecule has 0 saturated carbocycles. The number of aryl methyl sites for hydroxylation is 1. The average molecular weight is 360 g/mol. The summed E-state index contributed by atoms with van der Waals surface area (Å²) in [5.41, 5.74) is 3.64. The van der Waals surface area contributed by atoms with E-state index >= 15 is 0 Å². The van der Waals surface area contributed by atoms with Crippen LogP contribution in [0.4, 0.5) is 0 Å². The summed E-state index contributed by atoms with van der Waals surface area (Å²) in [4.78, 5) is 3.49. The molecule has 2 aromatic carbocycles. The SMILES string of the molecule is O=[P@@]1(c2ccccc2)CCc2[nH]c3ccc(Br)cc3c2C1. The maximum absolute atomic E-state index is 13.4. The minimum absolute atomic E-state index is 0.669. The highest BCUT2D eigenvalue weighted by Crippen LogP contribution is 2.53. The molecule has 21 heavy (non-hydrogen) atoms. The fraction of sp³-hybridized carbons (Fsp3) is 0.176. The van der Waals surface area contributed by atoms with Crippen LogP contribution in [0.25, 0.3) is 10.9 Å². The van der Waals surface area contributed by atoms with Gasteiger partial charge in [-0.05, 0) is 30.2 Å². The quantitative estimate of drug-likeness (QED) is 0.629. The van der Waals surface area contributed by atoms with Gasteiger partial charge >= 0.3 is 0 Å². The van der Waals surface area contributed by atoms with E-state index in [1.165, 1.54) is 16.6 Å². The summed E-state index contributed by atoms with van der Waals surface area (Å²) in [7, 11) is -2.32. The normalized spacial score (nSPS) is 21.4. The van der Waals surface area contributed by atoms with Gasteiger partial charge in [0.05, 0.1) is 0 Å². The number of aromatic amines is 1. The molecule has 1 aliphatic rings. The Morgan fingerprint density at radius 1 is 1.10 bits per heavy atom. The van der Waals surface area contributed by atoms with Crippen molar-refractivity contribution in [2.45, 2.75) is 12.6 Å². The Morgan fingerprint density at radius 2 is 1.90 bits per heavy atom. The van der Waals surface area contributed by atoms with E-state index in [1.807, 2.05) is 36.4 Å². The number of H-pyrrole nitrogens is 1. The van der Waals surface area contributed by atoms with Crippen molar-refractivity contribution in [3.8, 4) is 0 Å². The first-order valence-corrected chi connectivity index (χ1v) is 9.95. The summed E-state index contributed by atoms with van der Waals surface area (Å²) in [5, 5.41) is 2.22. The van der Waals surface area contributed by atoms with E-state index in [2.05, 4.69) is 33.0 Å². The molecule has 0 fully saturated rings. The van der Waals surface area contributed by atoms with Crippen LogP contribution in [0.15, 0.2) is 53.0 Å². The van der Waals surface area contributed by atoms with Crippen LogP contribution >= 0.6 is 23.1 Å². The molecule has 0 amide bonds. The molecule has 2 heterocycles. The second-order valence-corrected chi connectivity index (χ2v) is 9.60. The third-order valence-corrected chi connectivity index (χ3v) is 7.83. The molecule has 1 aromatic heterocycles. The number of benzene rings is 2. The van der Waals surface area contributed by atoms with Crippen LogP contribution in [0, 0.1) is 0 Å². The van der Waals surface area contributed by atoms with Gasteiger partial charge in [-0.3, -0.25) is 0 Å². The first kappa shape index (κ1) is 13.4. The van der Waals surface area contributed by atoms with Gasteiger partial charge in [0.1, 0.15) is 7.14 Å². The lowest BCUT2D eigenvalue weighted by Gasteiger charge is -2.23. The van der Waals surface area contributed by atoms with Gasteiger partial charge in [-0.25, -0.2) is 0 Å². The Morgan fingerprint density at radius 3 is 2.71 bits per heavy atom. The lowest BCUT2D eigenvalue weighted by atomic mass is 10.1. The number of halogens is 1. The van der Waals surface area contributed by atoms with Crippen molar-refractivity contribution < 1.29 is 4.57 Å². The topological polar surface area (TPSA) is 32.9 Å². The number of rotatable bonds is 1. The molecule has 4 heteroatoms. The van der Waals surface area contributed by atoms with Crippen LogP contribution in [-0.2, 0) is 17.1 Å². The number of nitrogens with one attached hydrogen (secondary N) is 1. The Kier molecular flexibility index (Phi) is 3.09. The van der Waals surface area contributed by atoms with Crippen LogP contribution in [0.3, 0.4) is 0 Å². The van der Waals surface area contributed by atoms with Gasteiger partial charge in [0.25, 0.3) is 0 Å². The smallest absolute Gasteiger partial charge is 0.120 e. The van der Waals surface area contributed by atoms with E-state index < -0.39 is 7.14 Å². The van der Waals surface area contributed by atoms with Crippen molar-refractivity contribution in [1.29, 1.82) is 0 Å². The summed E-state index contributed by atoms with van der Waals surface area (Å²) in [6, 6.07) is 16.2. The predicted molar refractivity (Wildman–Crippen MR) is 92.0 cm³/mol. The minimum atomic E-state index is -2.32. The monoisotopic (exact) mass is 359 g/mol. The second-order valence-electron chi connectivity index (χ2n) is 5.63. The molecule has 0 spiro atoms. The third kappa shape index (κ3) is 2.20. The van der Waals surface area contributed by atoms with E-state index in [9.17, 15) is 4.57 Å². The molecule has 1 aliphatic heterocycles. The van der Waals surface area contributed by atoms with Crippen molar-refractivity contribution in [3.63, 3.8) is 0 Å². The molecule has 0 radical (unpaired) electrons. The van der Waals surface area contributed by atoms with Crippen molar-refractivity contribution >= 4 is 39.3 Å². The molecule has 1 N–H and O–H groups in total. The van der Waals surface area contributed by atoms with Gasteiger partial charge in [-0.2, -0.15) is 0 Å². The van der Waals surface area contributed by atoms with Crippen molar-refractivity contribution in [3.05, 3.63) is 64.3 Å². The van der Waals surface area contributed by atoms with E-state index in [-0.39, 0.29) is 0 Å². The third-order valence-electron chi connectivity index (χ3n) is 4.32. The molecule has 0 saturated heterocycles. The first-order chi connectivity index (χ1) is 10.2. The standard InChI is InChI=1S/C17H15BrNOP/c18-12-6-7-16-14(10-12)15-11-21(20,9-8-17(15)19-16)13-4-2-1-3-5-13/h1-7,10,19H,8-9,11H2/t21-/m0/s1. The molecule has 0 bridgehead atoms. The zero-order valence-electron chi connectivity index (χ0n) is 11.5. The van der Waals surface area contributed by atoms with Gasteiger partial charge in [0, 0.05) is 38.7 Å². The highest BCUT2D eigenvalue weighted by Gasteiger charge is 2.32. The molecule has 2 nitrogen and oxygen atoms in total. The lowest BCUT2D eigenvalue weighted by molar-refractivity contribution is 0.578. The largest absolute Gasteiger partial charge is 0.358 e. The molecular formula is C17H15BrNOP. The maximum atomic E-state index is 13.4. The van der Waals surface area contributed by atoms with Crippen LogP contribution in [-0.4, -0.2) is 11.1 Å². The molecule has 4 rings (SSSR count). The maximum Gasteiger partial charge on any atom is 0.120 e. The fourth-order valence-electron chi connectivity index (χ4n) is 3.22. The van der Waals surface area contributed by atoms with Crippen LogP contribution in [0.5, 0.6) is 0 Å². The van der Waals surface area contributed by atoms with Crippen LogP contribution < -0.4 is 5.30 Å². The summed E-state index contributed by atoms with van der Waals surface area (Å²) < 4.78 is 14.5. The molecule has 3 aromatic rings. The number of hydrogen-bond acceptors (Lipinski definition) is 1. The van der Waals surface area contributed by atoms with Gasteiger partial charge in [-0.1, -0.05) is 46.3 Å². The fourth-order valence-corrected chi connectivity index (χ4v) is 6.35. The zero-order chi connectivity index (χ0) is 14.4. The Bertz CT molecular complexity index is 869. The van der Waals surface area contributed by atoms with Crippen LogP contribution in [0.2, 0.25) is 0 Å². The van der Waals surface area contributed by atoms with Crippen LogP contribution in [0.1, 0.15) is 11.3 Å². The zero-order valence-corrected chi connectivity index (χ0v) is 14.0. The molecular weight excluding hydrogens is 345 g/mol. The number of fused-ring (bicyclic) bond motifs is 3. The minimum Gasteiger partial charge on any atom is -0.358 e. The van der Waals surface area contributed by atoms with Gasteiger partial charge < -0.3 is 9.55 Å². The molecule has 1 atom stereocenters. The Hall–Kier alpha value is -1.31. The summed E-state index contributed by atoms with van der Waals surface area (Å²) in [6.07, 6.45) is 2.30. The lowest BCUT2D eigenvalue weighted by Crippen LogP contribution is -2.16. The van der Waals surface area contributed by atoms with E-state index in [4.69, 9.17) is 0 Å². The summed E-state index contributed by atoms with van der Waals surface area (Å²) in [6.45, 7) is 0. The number of aromatic nitrogens is 1. The Balaban J connectivity index is 1.86. The second kappa shape index (κ2) is 4.86. The number of hydrogen-bond donors (Lipinski definition) is 1. The molecule has 0 unspecified atom stereocenters. The highest BCUT2D eigenvalue weighted by molar-refractivity contribution is 9.10. The Labute approximate surface area is 132 Å². The van der Waals surface area contributed by atoms with Gasteiger partial charge in [0.2, 0.25) is 0 Å². The van der Waals surface area contributed by atoms with Crippen molar-refractivity contribution in [1.82, 2.24) is 4.98 Å². The molecule has 106 valence electrons. The van der Waals surface area contributed by atoms with Crippen molar-refractivity contribution in [2.24, 2.45) is 0 Å². The van der Waals surface area contributed by atoms with E-state index in [0.29, 0.717) is 6.16 Å². The summed E-state index contributed by atoms with van der Waals surface area (Å²) >= 11 is 3.54. The average Bonchev–Trinajstić information content (AvgIpc) is 2.85. The van der Waals surface area contributed by atoms with Crippen molar-refractivity contribution in [2.75, 3.05) is 6.16 Å². The summed E-state index contributed by atoms with van der Waals surface area (Å²) in [5.74, 6) is 0. The highest BCUT2D eigenvalue weighted by atomic mass is 79.9. The van der Waals surface area contributed by atoms with Gasteiger partial charge in [0.15, 0.2) is 0 Å². The van der Waals surface area contributed by atoms with E-state index in [0.717, 1.165) is 27.9 Å². The first-order valence-electron chi connectivity index (χ1n) is 7.08. The predicted octanol–water partition coefficient (Wildman–Crippen LogP) is 4.68. The van der Waals surface area contributed by atoms with E-state index in [1.54, 1.807) is 0 Å². The van der Waals surface area contributed by atoms with Gasteiger partial charge in [-0.15, -0.1) is 0 Å².